The number of nitrogens with zero attached hydrogens (tertiary/aromatic N) is 2. The monoisotopic (exact) mass is 253 g/mol. The molecule has 1 unspecified atom stereocenters. The molecule has 2 rings (SSSR count). The van der Waals surface area contributed by atoms with Crippen LogP contribution in [0, 0.1) is 0 Å². The number of likely N-dealkylation sites (tertiary alicyclic amines) is 1. The summed E-state index contributed by atoms with van der Waals surface area (Å²) in [6.07, 6.45) is 4.62. The highest BCUT2D eigenvalue weighted by Crippen LogP contribution is 2.10. The molecule has 2 aliphatic rings. The highest BCUT2D eigenvalue weighted by atomic mass is 16.2. The smallest absolute Gasteiger partial charge is 0.242 e. The fourth-order valence-electron chi connectivity index (χ4n) is 2.63. The maximum absolute atomic E-state index is 12.2. The molecular weight excluding hydrogens is 230 g/mol. The maximum atomic E-state index is 12.2. The third-order valence-corrected chi connectivity index (χ3v) is 3.80. The van der Waals surface area contributed by atoms with Crippen LogP contribution in [0.15, 0.2) is 0 Å². The van der Waals surface area contributed by atoms with Gasteiger partial charge in [-0.25, -0.2) is 0 Å². The zero-order valence-electron chi connectivity index (χ0n) is 11.2. The minimum Gasteiger partial charge on any atom is -0.341 e. The number of carbonyl (C=O) groups is 2. The predicted molar refractivity (Wildman–Crippen MR) is 69.1 cm³/mol. The summed E-state index contributed by atoms with van der Waals surface area (Å²) in [5, 5.41) is 3.11. The Kier molecular flexibility index (Phi) is 4.58. The van der Waals surface area contributed by atoms with Crippen molar-refractivity contribution in [3.63, 3.8) is 0 Å². The van der Waals surface area contributed by atoms with Gasteiger partial charge in [-0.1, -0.05) is 12.8 Å². The first-order valence-electron chi connectivity index (χ1n) is 6.98. The Bertz CT molecular complexity index is 311. The van der Waals surface area contributed by atoms with E-state index in [2.05, 4.69) is 5.32 Å². The molecule has 0 radical (unpaired) electrons. The summed E-state index contributed by atoms with van der Waals surface area (Å²) >= 11 is 0. The van der Waals surface area contributed by atoms with E-state index in [1.165, 1.54) is 12.8 Å². The Morgan fingerprint density at radius 2 is 1.89 bits per heavy atom. The Morgan fingerprint density at radius 1 is 1.22 bits per heavy atom. The molecule has 0 aromatic rings. The van der Waals surface area contributed by atoms with E-state index in [1.807, 2.05) is 11.8 Å². The van der Waals surface area contributed by atoms with Crippen LogP contribution in [0.2, 0.25) is 0 Å². The predicted octanol–water partition coefficient (Wildman–Crippen LogP) is 0.209. The molecule has 0 saturated carbocycles. The molecule has 0 aromatic carbocycles. The highest BCUT2D eigenvalue weighted by Gasteiger charge is 2.27. The van der Waals surface area contributed by atoms with Gasteiger partial charge in [-0.05, 0) is 19.8 Å². The highest BCUT2D eigenvalue weighted by molar-refractivity contribution is 5.87. The second-order valence-electron chi connectivity index (χ2n) is 5.23. The van der Waals surface area contributed by atoms with Gasteiger partial charge in [0.1, 0.15) is 0 Å². The largest absolute Gasteiger partial charge is 0.341 e. The van der Waals surface area contributed by atoms with Gasteiger partial charge in [-0.3, -0.25) is 9.59 Å². The molecular formula is C13H23N3O2. The number of amides is 2. The molecule has 5 nitrogen and oxygen atoms in total. The summed E-state index contributed by atoms with van der Waals surface area (Å²) in [5.74, 6) is 0.156. The third-order valence-electron chi connectivity index (χ3n) is 3.80. The Hall–Kier alpha value is -1.10. The van der Waals surface area contributed by atoms with Crippen molar-refractivity contribution >= 4 is 11.8 Å². The Balaban J connectivity index is 1.87. The number of hydrogen-bond donors (Lipinski definition) is 1. The first-order valence-corrected chi connectivity index (χ1v) is 6.98. The summed E-state index contributed by atoms with van der Waals surface area (Å²) in [5.41, 5.74) is 0. The average molecular weight is 253 g/mol. The minimum absolute atomic E-state index is 0.0458. The van der Waals surface area contributed by atoms with Crippen LogP contribution >= 0.6 is 0 Å². The van der Waals surface area contributed by atoms with Gasteiger partial charge in [0.2, 0.25) is 11.8 Å². The lowest BCUT2D eigenvalue weighted by molar-refractivity contribution is -0.142. The fourth-order valence-corrected chi connectivity index (χ4v) is 2.63. The summed E-state index contributed by atoms with van der Waals surface area (Å²) in [4.78, 5) is 27.7. The van der Waals surface area contributed by atoms with Gasteiger partial charge in [0.25, 0.3) is 0 Å². The molecule has 1 atom stereocenters. The first kappa shape index (κ1) is 13.3. The lowest BCUT2D eigenvalue weighted by atomic mass is 10.2. The molecule has 2 heterocycles. The molecule has 18 heavy (non-hydrogen) atoms. The molecule has 0 bridgehead atoms. The normalized spacial score (nSPS) is 26.1. The maximum Gasteiger partial charge on any atom is 0.242 e. The quantitative estimate of drug-likeness (QED) is 0.765. The molecule has 2 saturated heterocycles. The van der Waals surface area contributed by atoms with Gasteiger partial charge in [0.15, 0.2) is 0 Å². The van der Waals surface area contributed by atoms with Crippen LogP contribution in [0.4, 0.5) is 0 Å². The second-order valence-corrected chi connectivity index (χ2v) is 5.23. The van der Waals surface area contributed by atoms with E-state index in [-0.39, 0.29) is 24.4 Å². The van der Waals surface area contributed by atoms with E-state index in [0.717, 1.165) is 32.5 Å². The van der Waals surface area contributed by atoms with Crippen LogP contribution in [0.25, 0.3) is 0 Å². The Labute approximate surface area is 108 Å². The molecule has 102 valence electrons. The molecule has 0 aromatic heterocycles. The van der Waals surface area contributed by atoms with Crippen molar-refractivity contribution in [2.75, 3.05) is 32.7 Å². The van der Waals surface area contributed by atoms with Gasteiger partial charge >= 0.3 is 0 Å². The zero-order chi connectivity index (χ0) is 13.0. The molecule has 5 heteroatoms. The fraction of sp³-hybridized carbons (Fsp3) is 0.846. The summed E-state index contributed by atoms with van der Waals surface area (Å²) in [6, 6.07) is -0.157. The van der Waals surface area contributed by atoms with E-state index >= 15 is 0 Å². The van der Waals surface area contributed by atoms with Crippen LogP contribution in [-0.4, -0.2) is 60.4 Å². The number of nitrogens with one attached hydrogen (secondary N) is 1. The van der Waals surface area contributed by atoms with E-state index in [9.17, 15) is 9.59 Å². The first-order chi connectivity index (χ1) is 8.68. The minimum atomic E-state index is -0.157. The number of piperazine rings is 1. The Morgan fingerprint density at radius 3 is 2.56 bits per heavy atom. The molecule has 2 amide bonds. The molecule has 0 spiro atoms. The van der Waals surface area contributed by atoms with Crippen molar-refractivity contribution in [2.45, 2.75) is 38.6 Å². The van der Waals surface area contributed by atoms with Crippen molar-refractivity contribution in [3.05, 3.63) is 0 Å². The zero-order valence-corrected chi connectivity index (χ0v) is 11.2. The third kappa shape index (κ3) is 3.22. The number of carbonyl (C=O) groups excluding carboxylic acids is 2. The van der Waals surface area contributed by atoms with Gasteiger partial charge in [0, 0.05) is 26.2 Å². The van der Waals surface area contributed by atoms with Crippen LogP contribution in [0.3, 0.4) is 0 Å². The number of rotatable bonds is 2. The van der Waals surface area contributed by atoms with Crippen molar-refractivity contribution in [1.82, 2.24) is 15.1 Å². The van der Waals surface area contributed by atoms with Gasteiger partial charge < -0.3 is 15.1 Å². The van der Waals surface area contributed by atoms with Crippen molar-refractivity contribution in [1.29, 1.82) is 0 Å². The van der Waals surface area contributed by atoms with E-state index in [4.69, 9.17) is 0 Å². The lowest BCUT2D eigenvalue weighted by Gasteiger charge is -2.32. The van der Waals surface area contributed by atoms with Gasteiger partial charge in [-0.15, -0.1) is 0 Å². The summed E-state index contributed by atoms with van der Waals surface area (Å²) in [6.45, 7) is 5.24. The van der Waals surface area contributed by atoms with Crippen LogP contribution in [0.1, 0.15) is 32.6 Å². The molecule has 1 N–H and O–H groups in total. The van der Waals surface area contributed by atoms with Crippen LogP contribution in [0.5, 0.6) is 0 Å². The summed E-state index contributed by atoms with van der Waals surface area (Å²) in [7, 11) is 0. The van der Waals surface area contributed by atoms with E-state index in [0.29, 0.717) is 6.54 Å². The molecule has 2 fully saturated rings. The van der Waals surface area contributed by atoms with E-state index in [1.54, 1.807) is 4.90 Å². The van der Waals surface area contributed by atoms with Crippen molar-refractivity contribution in [3.8, 4) is 0 Å². The van der Waals surface area contributed by atoms with Crippen LogP contribution in [-0.2, 0) is 9.59 Å². The van der Waals surface area contributed by atoms with Gasteiger partial charge in [-0.2, -0.15) is 0 Å². The summed E-state index contributed by atoms with van der Waals surface area (Å²) < 4.78 is 0. The molecule has 0 aliphatic carbocycles. The van der Waals surface area contributed by atoms with E-state index < -0.39 is 0 Å². The number of hydrogen-bond acceptors (Lipinski definition) is 3. The second kappa shape index (κ2) is 6.18. The van der Waals surface area contributed by atoms with Gasteiger partial charge in [0.05, 0.1) is 12.6 Å². The SMILES string of the molecule is CC1NCCN(CC(=O)N2CCCCCC2)C1=O. The van der Waals surface area contributed by atoms with Crippen molar-refractivity contribution in [2.24, 2.45) is 0 Å². The topological polar surface area (TPSA) is 52.7 Å². The standard InChI is InChI=1S/C13H23N3O2/c1-11-13(18)16(9-6-14-11)10-12(17)15-7-4-2-3-5-8-15/h11,14H,2-10H2,1H3. The lowest BCUT2D eigenvalue weighted by Crippen LogP contribution is -2.56. The van der Waals surface area contributed by atoms with Crippen LogP contribution < -0.4 is 5.32 Å². The van der Waals surface area contributed by atoms with Crippen molar-refractivity contribution < 1.29 is 9.59 Å². The average Bonchev–Trinajstić information content (AvgIpc) is 2.63. The molecule has 2 aliphatic heterocycles.